The minimum Gasteiger partial charge on any atom is -0.356 e. The highest BCUT2D eigenvalue weighted by atomic mass is 35.5. The summed E-state index contributed by atoms with van der Waals surface area (Å²) in [5.74, 6) is 0.785. The highest BCUT2D eigenvalue weighted by molar-refractivity contribution is 6.20. The Balaban J connectivity index is 1.62. The van der Waals surface area contributed by atoms with E-state index in [1.165, 1.54) is 5.56 Å². The van der Waals surface area contributed by atoms with Gasteiger partial charge in [0.25, 0.3) is 0 Å². The van der Waals surface area contributed by atoms with Gasteiger partial charge in [-0.25, -0.2) is 0 Å². The van der Waals surface area contributed by atoms with Gasteiger partial charge in [0.05, 0.1) is 0 Å². The second kappa shape index (κ2) is 7.54. The number of alkyl halides is 1. The van der Waals surface area contributed by atoms with Gasteiger partial charge in [-0.05, 0) is 43.6 Å². The van der Waals surface area contributed by atoms with E-state index in [1.54, 1.807) is 0 Å². The Kier molecular flexibility index (Phi) is 5.71. The van der Waals surface area contributed by atoms with Crippen molar-refractivity contribution < 1.29 is 4.79 Å². The fourth-order valence-electron chi connectivity index (χ4n) is 2.58. The third-order valence-corrected chi connectivity index (χ3v) is 4.28. The molecular weight excluding hydrogens is 258 g/mol. The Morgan fingerprint density at radius 2 is 1.84 bits per heavy atom. The van der Waals surface area contributed by atoms with Gasteiger partial charge in [-0.15, -0.1) is 11.6 Å². The Labute approximate surface area is 120 Å². The molecule has 2 rings (SSSR count). The van der Waals surface area contributed by atoms with E-state index in [1.807, 2.05) is 18.2 Å². The molecule has 1 amide bonds. The van der Waals surface area contributed by atoms with Gasteiger partial charge in [-0.3, -0.25) is 4.79 Å². The van der Waals surface area contributed by atoms with E-state index in [0.29, 0.717) is 17.7 Å². The van der Waals surface area contributed by atoms with Crippen molar-refractivity contribution in [3.63, 3.8) is 0 Å². The van der Waals surface area contributed by atoms with E-state index in [9.17, 15) is 4.79 Å². The van der Waals surface area contributed by atoms with Crippen molar-refractivity contribution in [3.05, 3.63) is 35.9 Å². The molecule has 0 aliphatic heterocycles. The molecule has 0 atom stereocenters. The quantitative estimate of drug-likeness (QED) is 0.821. The molecule has 1 saturated carbocycles. The minimum atomic E-state index is 0.164. The molecule has 1 fully saturated rings. The maximum Gasteiger partial charge on any atom is 0.220 e. The average Bonchev–Trinajstić information content (AvgIpc) is 2.45. The number of hydrogen-bond donors (Lipinski definition) is 1. The van der Waals surface area contributed by atoms with Crippen LogP contribution in [0, 0.1) is 5.92 Å². The molecule has 0 heterocycles. The molecule has 1 aromatic rings. The van der Waals surface area contributed by atoms with E-state index in [-0.39, 0.29) is 5.91 Å². The molecule has 1 aliphatic rings. The summed E-state index contributed by atoms with van der Waals surface area (Å²) in [4.78, 5) is 11.8. The van der Waals surface area contributed by atoms with Crippen LogP contribution in [0.1, 0.15) is 37.7 Å². The molecule has 0 radical (unpaired) electrons. The van der Waals surface area contributed by atoms with Crippen LogP contribution < -0.4 is 5.32 Å². The van der Waals surface area contributed by atoms with Crippen LogP contribution in [0.3, 0.4) is 0 Å². The van der Waals surface area contributed by atoms with E-state index >= 15 is 0 Å². The number of amides is 1. The van der Waals surface area contributed by atoms with Crippen molar-refractivity contribution >= 4 is 17.5 Å². The van der Waals surface area contributed by atoms with Crippen LogP contribution >= 0.6 is 11.6 Å². The van der Waals surface area contributed by atoms with Gasteiger partial charge >= 0.3 is 0 Å². The zero-order chi connectivity index (χ0) is 13.5. The number of rotatable bonds is 5. The Morgan fingerprint density at radius 1 is 1.16 bits per heavy atom. The normalized spacial score (nSPS) is 23.0. The SMILES string of the molecule is O=C(CCc1ccccc1)NCC1CCC(Cl)CC1. The standard InChI is InChI=1S/C16H22ClNO/c17-15-9-6-14(7-10-15)12-18-16(19)11-8-13-4-2-1-3-5-13/h1-5,14-15H,6-12H2,(H,18,19). The van der Waals surface area contributed by atoms with E-state index < -0.39 is 0 Å². The molecule has 1 aromatic carbocycles. The molecule has 0 aromatic heterocycles. The van der Waals surface area contributed by atoms with Gasteiger partial charge in [0.15, 0.2) is 0 Å². The molecule has 1 aliphatic carbocycles. The molecular formula is C16H22ClNO. The van der Waals surface area contributed by atoms with E-state index in [2.05, 4.69) is 17.4 Å². The predicted molar refractivity (Wildman–Crippen MR) is 79.4 cm³/mol. The lowest BCUT2D eigenvalue weighted by atomic mass is 9.89. The van der Waals surface area contributed by atoms with Crippen molar-refractivity contribution in [3.8, 4) is 0 Å². The van der Waals surface area contributed by atoms with Gasteiger partial charge in [-0.2, -0.15) is 0 Å². The molecule has 0 spiro atoms. The summed E-state index contributed by atoms with van der Waals surface area (Å²) in [6, 6.07) is 10.1. The van der Waals surface area contributed by atoms with Crippen molar-refractivity contribution in [1.29, 1.82) is 0 Å². The summed E-state index contributed by atoms with van der Waals surface area (Å²) in [6.45, 7) is 0.817. The number of nitrogens with one attached hydrogen (secondary N) is 1. The summed E-state index contributed by atoms with van der Waals surface area (Å²) in [7, 11) is 0. The lowest BCUT2D eigenvalue weighted by molar-refractivity contribution is -0.121. The molecule has 2 nitrogen and oxygen atoms in total. The number of aryl methyl sites for hydroxylation is 1. The molecule has 3 heteroatoms. The Bertz CT molecular complexity index is 385. The highest BCUT2D eigenvalue weighted by Gasteiger charge is 2.19. The molecule has 1 N–H and O–H groups in total. The van der Waals surface area contributed by atoms with Crippen molar-refractivity contribution in [2.24, 2.45) is 5.92 Å². The van der Waals surface area contributed by atoms with Gasteiger partial charge in [-0.1, -0.05) is 30.3 Å². The minimum absolute atomic E-state index is 0.164. The number of halogens is 1. The lowest BCUT2D eigenvalue weighted by Crippen LogP contribution is -2.31. The number of hydrogen-bond acceptors (Lipinski definition) is 1. The Morgan fingerprint density at radius 3 is 2.53 bits per heavy atom. The Hall–Kier alpha value is -1.02. The maximum atomic E-state index is 11.8. The van der Waals surface area contributed by atoms with Crippen LogP contribution in [-0.4, -0.2) is 17.8 Å². The number of carbonyl (C=O) groups excluding carboxylic acids is 1. The zero-order valence-corrected chi connectivity index (χ0v) is 12.0. The van der Waals surface area contributed by atoms with Crippen LogP contribution in [0.2, 0.25) is 0 Å². The summed E-state index contributed by atoms with van der Waals surface area (Å²) >= 11 is 6.07. The summed E-state index contributed by atoms with van der Waals surface area (Å²) in [5.41, 5.74) is 1.22. The van der Waals surface area contributed by atoms with Gasteiger partial charge < -0.3 is 5.32 Å². The summed E-state index contributed by atoms with van der Waals surface area (Å²) in [5, 5.41) is 3.41. The number of carbonyl (C=O) groups is 1. The van der Waals surface area contributed by atoms with E-state index in [4.69, 9.17) is 11.6 Å². The first-order valence-corrected chi connectivity index (χ1v) is 7.62. The second-order valence-corrected chi connectivity index (χ2v) is 6.02. The van der Waals surface area contributed by atoms with Gasteiger partial charge in [0.1, 0.15) is 0 Å². The van der Waals surface area contributed by atoms with Crippen LogP contribution in [0.25, 0.3) is 0 Å². The molecule has 19 heavy (non-hydrogen) atoms. The van der Waals surface area contributed by atoms with Gasteiger partial charge in [0.2, 0.25) is 5.91 Å². The topological polar surface area (TPSA) is 29.1 Å². The molecule has 0 saturated heterocycles. The monoisotopic (exact) mass is 279 g/mol. The average molecular weight is 280 g/mol. The largest absolute Gasteiger partial charge is 0.356 e. The van der Waals surface area contributed by atoms with Crippen LogP contribution in [-0.2, 0) is 11.2 Å². The first kappa shape index (κ1) is 14.4. The first-order chi connectivity index (χ1) is 9.24. The molecule has 0 bridgehead atoms. The second-order valence-electron chi connectivity index (χ2n) is 5.41. The highest BCUT2D eigenvalue weighted by Crippen LogP contribution is 2.26. The van der Waals surface area contributed by atoms with Gasteiger partial charge in [0, 0.05) is 18.3 Å². The summed E-state index contributed by atoms with van der Waals surface area (Å²) in [6.07, 6.45) is 5.87. The third kappa shape index (κ3) is 5.23. The van der Waals surface area contributed by atoms with Crippen molar-refractivity contribution in [1.82, 2.24) is 5.32 Å². The van der Waals surface area contributed by atoms with E-state index in [0.717, 1.165) is 38.6 Å². The first-order valence-electron chi connectivity index (χ1n) is 7.18. The fourth-order valence-corrected chi connectivity index (χ4v) is 2.83. The molecule has 104 valence electrons. The van der Waals surface area contributed by atoms with Crippen LogP contribution in [0.15, 0.2) is 30.3 Å². The third-order valence-electron chi connectivity index (χ3n) is 3.85. The lowest BCUT2D eigenvalue weighted by Gasteiger charge is -2.25. The van der Waals surface area contributed by atoms with Crippen molar-refractivity contribution in [2.75, 3.05) is 6.54 Å². The smallest absolute Gasteiger partial charge is 0.220 e. The summed E-state index contributed by atoms with van der Waals surface area (Å²) < 4.78 is 0. The number of benzene rings is 1. The van der Waals surface area contributed by atoms with Crippen LogP contribution in [0.4, 0.5) is 0 Å². The predicted octanol–water partition coefficient (Wildman–Crippen LogP) is 3.53. The maximum absolute atomic E-state index is 11.8. The van der Waals surface area contributed by atoms with Crippen LogP contribution in [0.5, 0.6) is 0 Å². The van der Waals surface area contributed by atoms with Crippen molar-refractivity contribution in [2.45, 2.75) is 43.9 Å². The molecule has 0 unspecified atom stereocenters. The fraction of sp³-hybridized carbons (Fsp3) is 0.562. The zero-order valence-electron chi connectivity index (χ0n) is 11.3.